The van der Waals surface area contributed by atoms with Crippen LogP contribution in [0, 0.1) is 0 Å². The standard InChI is InChI=1S/C12H17N3O/c1-16-9-10-4-7-15(8-5-10)12-11(13)3-2-6-14-12/h2-4,6H,5,7-9,13H2,1H3. The number of hydrogen-bond donors (Lipinski definition) is 1. The van der Waals surface area contributed by atoms with Gasteiger partial charge in [0.2, 0.25) is 0 Å². The van der Waals surface area contributed by atoms with Crippen LogP contribution < -0.4 is 10.6 Å². The average Bonchev–Trinajstić information content (AvgIpc) is 2.31. The van der Waals surface area contributed by atoms with Crippen molar-refractivity contribution in [1.29, 1.82) is 0 Å². The Morgan fingerprint density at radius 3 is 3.06 bits per heavy atom. The predicted octanol–water partition coefficient (Wildman–Crippen LogP) is 1.45. The Balaban J connectivity index is 2.07. The Hall–Kier alpha value is -1.55. The maximum Gasteiger partial charge on any atom is 0.152 e. The van der Waals surface area contributed by atoms with E-state index in [1.54, 1.807) is 13.3 Å². The zero-order chi connectivity index (χ0) is 11.4. The molecular weight excluding hydrogens is 202 g/mol. The summed E-state index contributed by atoms with van der Waals surface area (Å²) in [6.07, 6.45) is 4.99. The van der Waals surface area contributed by atoms with Crippen molar-refractivity contribution in [3.05, 3.63) is 30.0 Å². The smallest absolute Gasteiger partial charge is 0.152 e. The fourth-order valence-corrected chi connectivity index (χ4v) is 1.89. The molecule has 16 heavy (non-hydrogen) atoms. The molecule has 0 fully saturated rings. The van der Waals surface area contributed by atoms with Gasteiger partial charge in [-0.2, -0.15) is 0 Å². The number of aromatic nitrogens is 1. The van der Waals surface area contributed by atoms with Gasteiger partial charge in [-0.3, -0.25) is 0 Å². The number of nitrogens with two attached hydrogens (primary N) is 1. The van der Waals surface area contributed by atoms with E-state index in [2.05, 4.69) is 16.0 Å². The first-order valence-electron chi connectivity index (χ1n) is 5.43. The highest BCUT2D eigenvalue weighted by atomic mass is 16.5. The highest BCUT2D eigenvalue weighted by Gasteiger charge is 2.14. The lowest BCUT2D eigenvalue weighted by atomic mass is 10.1. The maximum atomic E-state index is 5.90. The zero-order valence-corrected chi connectivity index (χ0v) is 9.52. The molecule has 2 heterocycles. The van der Waals surface area contributed by atoms with E-state index in [0.717, 1.165) is 37.6 Å². The Morgan fingerprint density at radius 2 is 2.44 bits per heavy atom. The molecule has 1 aliphatic heterocycles. The molecule has 4 heteroatoms. The molecule has 0 saturated carbocycles. The van der Waals surface area contributed by atoms with Crippen LogP contribution in [0.1, 0.15) is 6.42 Å². The molecule has 2 rings (SSSR count). The molecule has 0 atom stereocenters. The summed E-state index contributed by atoms with van der Waals surface area (Å²) in [5, 5.41) is 0. The zero-order valence-electron chi connectivity index (χ0n) is 9.52. The van der Waals surface area contributed by atoms with Crippen molar-refractivity contribution in [1.82, 2.24) is 4.98 Å². The summed E-state index contributed by atoms with van der Waals surface area (Å²) in [5.74, 6) is 0.884. The summed E-state index contributed by atoms with van der Waals surface area (Å²) in [6.45, 7) is 2.54. The summed E-state index contributed by atoms with van der Waals surface area (Å²) in [7, 11) is 1.73. The molecule has 0 aromatic carbocycles. The van der Waals surface area contributed by atoms with Crippen LogP contribution in [0.15, 0.2) is 30.0 Å². The van der Waals surface area contributed by atoms with Gasteiger partial charge in [0.15, 0.2) is 5.82 Å². The second-order valence-electron chi connectivity index (χ2n) is 3.91. The van der Waals surface area contributed by atoms with Crippen molar-refractivity contribution in [3.8, 4) is 0 Å². The van der Waals surface area contributed by atoms with Crippen LogP contribution in [0.25, 0.3) is 0 Å². The Morgan fingerprint density at radius 1 is 1.56 bits per heavy atom. The van der Waals surface area contributed by atoms with E-state index in [1.165, 1.54) is 5.57 Å². The molecule has 0 bridgehead atoms. The first kappa shape index (κ1) is 11.0. The molecule has 0 saturated heterocycles. The van der Waals surface area contributed by atoms with Gasteiger partial charge in [-0.25, -0.2) is 4.98 Å². The molecule has 0 aliphatic carbocycles. The summed E-state index contributed by atoms with van der Waals surface area (Å²) in [5.41, 5.74) is 7.99. The number of anilines is 2. The average molecular weight is 219 g/mol. The van der Waals surface area contributed by atoms with Crippen molar-refractivity contribution in [2.75, 3.05) is 37.4 Å². The molecule has 0 unspecified atom stereocenters. The Bertz CT molecular complexity index is 390. The Kier molecular flexibility index (Phi) is 3.41. The van der Waals surface area contributed by atoms with Gasteiger partial charge in [0.1, 0.15) is 0 Å². The quantitative estimate of drug-likeness (QED) is 0.782. The SMILES string of the molecule is COCC1=CCN(c2ncccc2N)CC1. The van der Waals surface area contributed by atoms with Crippen molar-refractivity contribution in [3.63, 3.8) is 0 Å². The van der Waals surface area contributed by atoms with E-state index in [9.17, 15) is 0 Å². The van der Waals surface area contributed by atoms with Crippen LogP contribution in [0.2, 0.25) is 0 Å². The van der Waals surface area contributed by atoms with Crippen LogP contribution in [-0.4, -0.2) is 31.8 Å². The van der Waals surface area contributed by atoms with Crippen LogP contribution in [0.4, 0.5) is 11.5 Å². The van der Waals surface area contributed by atoms with Crippen molar-refractivity contribution >= 4 is 11.5 Å². The third-order valence-corrected chi connectivity index (χ3v) is 2.75. The third kappa shape index (κ3) is 2.33. The largest absolute Gasteiger partial charge is 0.396 e. The number of rotatable bonds is 3. The second-order valence-corrected chi connectivity index (χ2v) is 3.91. The van der Waals surface area contributed by atoms with Gasteiger partial charge >= 0.3 is 0 Å². The maximum absolute atomic E-state index is 5.90. The topological polar surface area (TPSA) is 51.4 Å². The molecule has 1 aromatic rings. The van der Waals surface area contributed by atoms with Gasteiger partial charge < -0.3 is 15.4 Å². The minimum Gasteiger partial charge on any atom is -0.396 e. The lowest BCUT2D eigenvalue weighted by molar-refractivity contribution is 0.222. The first-order chi connectivity index (χ1) is 7.81. The minimum absolute atomic E-state index is 0.728. The van der Waals surface area contributed by atoms with Gasteiger partial charge in [-0.1, -0.05) is 6.08 Å². The van der Waals surface area contributed by atoms with Crippen LogP contribution in [0.5, 0.6) is 0 Å². The molecule has 86 valence electrons. The van der Waals surface area contributed by atoms with E-state index in [0.29, 0.717) is 0 Å². The van der Waals surface area contributed by atoms with Gasteiger partial charge in [0, 0.05) is 26.4 Å². The molecule has 1 aliphatic rings. The number of nitrogens with zero attached hydrogens (tertiary/aromatic N) is 2. The van der Waals surface area contributed by atoms with Crippen molar-refractivity contribution in [2.24, 2.45) is 0 Å². The fraction of sp³-hybridized carbons (Fsp3) is 0.417. The lowest BCUT2D eigenvalue weighted by Crippen LogP contribution is -2.30. The molecule has 0 radical (unpaired) electrons. The monoisotopic (exact) mass is 219 g/mol. The van der Waals surface area contributed by atoms with E-state index in [1.807, 2.05) is 12.1 Å². The summed E-state index contributed by atoms with van der Waals surface area (Å²) >= 11 is 0. The molecular formula is C12H17N3O. The summed E-state index contributed by atoms with van der Waals surface area (Å²) < 4.78 is 5.12. The summed E-state index contributed by atoms with van der Waals surface area (Å²) in [4.78, 5) is 6.50. The number of pyridine rings is 1. The van der Waals surface area contributed by atoms with Gasteiger partial charge in [-0.05, 0) is 24.1 Å². The normalized spacial score (nSPS) is 16.1. The van der Waals surface area contributed by atoms with Gasteiger partial charge in [0.25, 0.3) is 0 Å². The first-order valence-corrected chi connectivity index (χ1v) is 5.43. The summed E-state index contributed by atoms with van der Waals surface area (Å²) in [6, 6.07) is 3.74. The van der Waals surface area contributed by atoms with Crippen LogP contribution >= 0.6 is 0 Å². The molecule has 2 N–H and O–H groups in total. The van der Waals surface area contributed by atoms with E-state index in [-0.39, 0.29) is 0 Å². The van der Waals surface area contributed by atoms with E-state index in [4.69, 9.17) is 10.5 Å². The number of methoxy groups -OCH3 is 1. The molecule has 0 spiro atoms. The predicted molar refractivity (Wildman–Crippen MR) is 65.4 cm³/mol. The number of hydrogen-bond acceptors (Lipinski definition) is 4. The highest BCUT2D eigenvalue weighted by molar-refractivity contribution is 5.62. The lowest BCUT2D eigenvalue weighted by Gasteiger charge is -2.28. The number of nitrogen functional groups attached to an aromatic ring is 1. The van der Waals surface area contributed by atoms with Crippen molar-refractivity contribution in [2.45, 2.75) is 6.42 Å². The van der Waals surface area contributed by atoms with Gasteiger partial charge in [0.05, 0.1) is 12.3 Å². The Labute approximate surface area is 95.7 Å². The molecule has 4 nitrogen and oxygen atoms in total. The van der Waals surface area contributed by atoms with E-state index >= 15 is 0 Å². The molecule has 0 amide bonds. The third-order valence-electron chi connectivity index (χ3n) is 2.75. The van der Waals surface area contributed by atoms with Crippen LogP contribution in [0.3, 0.4) is 0 Å². The van der Waals surface area contributed by atoms with Crippen molar-refractivity contribution < 1.29 is 4.74 Å². The van der Waals surface area contributed by atoms with E-state index < -0.39 is 0 Å². The minimum atomic E-state index is 0.728. The fourth-order valence-electron chi connectivity index (χ4n) is 1.89. The molecule has 1 aromatic heterocycles. The van der Waals surface area contributed by atoms with Crippen LogP contribution in [-0.2, 0) is 4.74 Å². The second kappa shape index (κ2) is 4.99. The number of ether oxygens (including phenoxy) is 1. The van der Waals surface area contributed by atoms with Gasteiger partial charge in [-0.15, -0.1) is 0 Å². The highest BCUT2D eigenvalue weighted by Crippen LogP contribution is 2.22.